The molecule has 0 fully saturated rings. The number of pyridine rings is 1. The maximum absolute atomic E-state index is 14.4. The fourth-order valence-corrected chi connectivity index (χ4v) is 3.87. The highest BCUT2D eigenvalue weighted by Crippen LogP contribution is 2.47. The molecular formula is C24H21F4N5O4. The van der Waals surface area contributed by atoms with E-state index in [9.17, 15) is 32.3 Å². The van der Waals surface area contributed by atoms with Crippen molar-refractivity contribution in [3.8, 4) is 17.0 Å². The lowest BCUT2D eigenvalue weighted by molar-refractivity contribution is -0.265. The zero-order valence-corrected chi connectivity index (χ0v) is 19.6. The van der Waals surface area contributed by atoms with Crippen LogP contribution in [0.3, 0.4) is 0 Å². The molecule has 0 spiro atoms. The van der Waals surface area contributed by atoms with Crippen molar-refractivity contribution in [2.45, 2.75) is 31.0 Å². The van der Waals surface area contributed by atoms with E-state index < -0.39 is 47.1 Å². The maximum Gasteiger partial charge on any atom is 0.424 e. The zero-order chi connectivity index (χ0) is 27.2. The van der Waals surface area contributed by atoms with Gasteiger partial charge in [0.2, 0.25) is 11.5 Å². The minimum absolute atomic E-state index is 0.0261. The van der Waals surface area contributed by atoms with Crippen LogP contribution in [0.1, 0.15) is 34.2 Å². The Balaban J connectivity index is 1.86. The van der Waals surface area contributed by atoms with Crippen molar-refractivity contribution >= 4 is 11.8 Å². The second-order valence-corrected chi connectivity index (χ2v) is 8.82. The summed E-state index contributed by atoms with van der Waals surface area (Å²) in [5.41, 5.74) is -0.545. The number of benzene rings is 1. The molecule has 0 bridgehead atoms. The molecule has 2 aromatic heterocycles. The number of nitrogens with two attached hydrogens (primary N) is 1. The van der Waals surface area contributed by atoms with Crippen molar-refractivity contribution in [1.29, 1.82) is 0 Å². The van der Waals surface area contributed by atoms with Gasteiger partial charge in [-0.1, -0.05) is 0 Å². The molecular weight excluding hydrogens is 498 g/mol. The highest BCUT2D eigenvalue weighted by Gasteiger charge is 2.57. The van der Waals surface area contributed by atoms with Gasteiger partial charge in [-0.15, -0.1) is 0 Å². The molecule has 0 saturated heterocycles. The fourth-order valence-electron chi connectivity index (χ4n) is 3.87. The number of primary amides is 1. The number of fused-ring (bicyclic) bond motifs is 1. The van der Waals surface area contributed by atoms with E-state index in [1.807, 2.05) is 0 Å². The van der Waals surface area contributed by atoms with E-state index in [1.54, 1.807) is 0 Å². The van der Waals surface area contributed by atoms with Crippen molar-refractivity contribution in [2.75, 3.05) is 13.2 Å². The average Bonchev–Trinajstić information content (AvgIpc) is 3.20. The Labute approximate surface area is 207 Å². The highest BCUT2D eigenvalue weighted by atomic mass is 19.4. The van der Waals surface area contributed by atoms with Crippen LogP contribution in [0.2, 0.25) is 0 Å². The number of nitrogens with one attached hydrogen (secondary N) is 1. The summed E-state index contributed by atoms with van der Waals surface area (Å²) in [4.78, 5) is 36.3. The van der Waals surface area contributed by atoms with E-state index >= 15 is 0 Å². The lowest BCUT2D eigenvalue weighted by atomic mass is 9.81. The molecule has 194 valence electrons. The van der Waals surface area contributed by atoms with Gasteiger partial charge in [-0.25, -0.2) is 19.3 Å². The summed E-state index contributed by atoms with van der Waals surface area (Å²) in [5, 5.41) is 13.0. The lowest BCUT2D eigenvalue weighted by Crippen LogP contribution is -2.52. The van der Waals surface area contributed by atoms with E-state index in [4.69, 9.17) is 10.5 Å². The normalized spacial score (nSPS) is 18.5. The monoisotopic (exact) mass is 519 g/mol. The summed E-state index contributed by atoms with van der Waals surface area (Å²) in [6.07, 6.45) is -2.97. The Hall–Kier alpha value is -4.13. The van der Waals surface area contributed by atoms with E-state index in [0.717, 1.165) is 24.5 Å². The number of ether oxygens (including phenoxy) is 1. The number of aryl methyl sites for hydroxylation is 1. The van der Waals surface area contributed by atoms with Gasteiger partial charge >= 0.3 is 6.18 Å². The predicted molar refractivity (Wildman–Crippen MR) is 121 cm³/mol. The van der Waals surface area contributed by atoms with Crippen molar-refractivity contribution in [1.82, 2.24) is 20.3 Å². The number of aromatic nitrogens is 3. The van der Waals surface area contributed by atoms with Gasteiger partial charge in [0.05, 0.1) is 12.2 Å². The van der Waals surface area contributed by atoms with Crippen molar-refractivity contribution in [3.63, 3.8) is 0 Å². The minimum atomic E-state index is -5.33. The SMILES string of the molecule is Cc1cncnc1C(=O)NC[C@](O)(c1cc2c(c(-c3ccc(F)cc3)n1)OC[C@]2(C)C(N)=O)C(F)(F)F. The lowest BCUT2D eigenvalue weighted by Gasteiger charge is -2.31. The first-order valence-electron chi connectivity index (χ1n) is 10.9. The average molecular weight is 519 g/mol. The number of aliphatic hydroxyl groups is 1. The number of alkyl halides is 3. The molecule has 4 N–H and O–H groups in total. The highest BCUT2D eigenvalue weighted by molar-refractivity contribution is 5.93. The summed E-state index contributed by atoms with van der Waals surface area (Å²) in [6.45, 7) is 1.25. The molecule has 0 unspecified atom stereocenters. The van der Waals surface area contributed by atoms with E-state index in [2.05, 4.69) is 20.3 Å². The molecule has 3 heterocycles. The number of halogens is 4. The van der Waals surface area contributed by atoms with Crippen LogP contribution in [-0.2, 0) is 15.8 Å². The van der Waals surface area contributed by atoms with Gasteiger partial charge in [0.25, 0.3) is 5.91 Å². The van der Waals surface area contributed by atoms with Gasteiger partial charge in [0, 0.05) is 17.3 Å². The van der Waals surface area contributed by atoms with Crippen LogP contribution >= 0.6 is 0 Å². The number of rotatable bonds is 6. The third-order valence-electron chi connectivity index (χ3n) is 6.24. The van der Waals surface area contributed by atoms with Crippen molar-refractivity contribution in [3.05, 3.63) is 71.2 Å². The summed E-state index contributed by atoms with van der Waals surface area (Å²) < 4.78 is 62.3. The first kappa shape index (κ1) is 25.9. The number of carbonyl (C=O) groups is 2. The molecule has 4 rings (SSSR count). The van der Waals surface area contributed by atoms with Gasteiger partial charge in [-0.3, -0.25) is 9.59 Å². The van der Waals surface area contributed by atoms with Gasteiger partial charge in [-0.05, 0) is 49.7 Å². The number of carbonyl (C=O) groups excluding carboxylic acids is 2. The molecule has 1 aromatic carbocycles. The molecule has 1 aliphatic heterocycles. The predicted octanol–water partition coefficient (Wildman–Crippen LogP) is 2.30. The molecule has 2 amide bonds. The standard InChI is InChI=1S/C24H21F4N5O4/c1-12-8-30-11-32-17(12)20(34)31-9-23(36,24(26,27)28)16-7-15-19(37-10-22(15,2)21(29)35)18(33-16)13-3-5-14(25)6-4-13/h3-8,11,36H,9-10H2,1-2H3,(H2,29,35)(H,31,34)/t22-,23-/m0/s1. The van der Waals surface area contributed by atoms with Crippen molar-refractivity contribution in [2.24, 2.45) is 5.73 Å². The number of hydrogen-bond acceptors (Lipinski definition) is 7. The molecule has 2 atom stereocenters. The smallest absolute Gasteiger partial charge is 0.424 e. The first-order chi connectivity index (χ1) is 17.3. The summed E-state index contributed by atoms with van der Waals surface area (Å²) in [6, 6.07) is 5.54. The van der Waals surface area contributed by atoms with Crippen LogP contribution in [0.25, 0.3) is 11.3 Å². The van der Waals surface area contributed by atoms with E-state index in [0.29, 0.717) is 5.56 Å². The summed E-state index contributed by atoms with van der Waals surface area (Å²) >= 11 is 0. The van der Waals surface area contributed by atoms with Gasteiger partial charge in [0.15, 0.2) is 0 Å². The molecule has 37 heavy (non-hydrogen) atoms. The molecule has 0 radical (unpaired) electrons. The molecule has 0 aliphatic carbocycles. The molecule has 3 aromatic rings. The Bertz CT molecular complexity index is 1380. The fraction of sp³-hybridized carbons (Fsp3) is 0.292. The Kier molecular flexibility index (Phi) is 6.36. The topological polar surface area (TPSA) is 140 Å². The van der Waals surface area contributed by atoms with Gasteiger partial charge < -0.3 is 20.9 Å². The van der Waals surface area contributed by atoms with Gasteiger partial charge in [0.1, 0.15) is 41.3 Å². The summed E-state index contributed by atoms with van der Waals surface area (Å²) in [7, 11) is 0. The third kappa shape index (κ3) is 4.46. The maximum atomic E-state index is 14.4. The third-order valence-corrected chi connectivity index (χ3v) is 6.24. The Morgan fingerprint density at radius 1 is 1.24 bits per heavy atom. The largest absolute Gasteiger partial charge is 0.489 e. The Morgan fingerprint density at radius 2 is 1.92 bits per heavy atom. The van der Waals surface area contributed by atoms with Crippen LogP contribution in [-0.4, -0.2) is 51.2 Å². The number of amides is 2. The minimum Gasteiger partial charge on any atom is -0.489 e. The second-order valence-electron chi connectivity index (χ2n) is 8.82. The molecule has 13 heteroatoms. The van der Waals surface area contributed by atoms with Crippen LogP contribution < -0.4 is 15.8 Å². The van der Waals surface area contributed by atoms with Crippen LogP contribution in [0.15, 0.2) is 42.9 Å². The molecule has 0 saturated carbocycles. The Morgan fingerprint density at radius 3 is 2.51 bits per heavy atom. The van der Waals surface area contributed by atoms with Gasteiger partial charge in [-0.2, -0.15) is 13.2 Å². The number of nitrogens with zero attached hydrogens (tertiary/aromatic N) is 3. The van der Waals surface area contributed by atoms with Crippen LogP contribution in [0.4, 0.5) is 17.6 Å². The van der Waals surface area contributed by atoms with Crippen molar-refractivity contribution < 1.29 is 37.0 Å². The van der Waals surface area contributed by atoms with E-state index in [1.165, 1.54) is 32.2 Å². The number of hydrogen-bond donors (Lipinski definition) is 3. The van der Waals surface area contributed by atoms with E-state index in [-0.39, 0.29) is 34.9 Å². The van der Waals surface area contributed by atoms with Crippen LogP contribution in [0, 0.1) is 12.7 Å². The molecule has 9 nitrogen and oxygen atoms in total. The quantitative estimate of drug-likeness (QED) is 0.425. The van der Waals surface area contributed by atoms with Crippen LogP contribution in [0.5, 0.6) is 5.75 Å². The zero-order valence-electron chi connectivity index (χ0n) is 19.6. The molecule has 1 aliphatic rings. The first-order valence-corrected chi connectivity index (χ1v) is 10.9. The second kappa shape index (κ2) is 9.07. The summed E-state index contributed by atoms with van der Waals surface area (Å²) in [5.74, 6) is -2.49.